The first kappa shape index (κ1) is 9.60. The largest absolute Gasteiger partial charge is 0.382 e. The van der Waals surface area contributed by atoms with Crippen molar-refractivity contribution in [3.63, 3.8) is 0 Å². The number of amidine groups is 1. The van der Waals surface area contributed by atoms with E-state index in [0.717, 1.165) is 10.7 Å². The average molecular weight is 174 g/mol. The molecule has 0 aliphatic heterocycles. The highest BCUT2D eigenvalue weighted by Crippen LogP contribution is 1.95. The average Bonchev–Trinajstić information content (AvgIpc) is 2.04. The Bertz CT molecular complexity index is 304. The van der Waals surface area contributed by atoms with E-state index in [1.54, 1.807) is 31.3 Å². The van der Waals surface area contributed by atoms with Gasteiger partial charge in [-0.15, -0.1) is 5.10 Å². The first-order valence-corrected chi connectivity index (χ1v) is 3.78. The van der Waals surface area contributed by atoms with Gasteiger partial charge in [-0.05, 0) is 0 Å². The normalized spacial score (nSPS) is 11.4. The van der Waals surface area contributed by atoms with E-state index in [1.807, 2.05) is 0 Å². The molecule has 0 fully saturated rings. The molecule has 1 rings (SSSR count). The summed E-state index contributed by atoms with van der Waals surface area (Å²) in [5, 5.41) is 5.00. The second-order valence-electron chi connectivity index (χ2n) is 2.68. The second kappa shape index (κ2) is 3.95. The van der Waals surface area contributed by atoms with Crippen LogP contribution < -0.4 is 17.0 Å². The summed E-state index contributed by atoms with van der Waals surface area (Å²) in [4.78, 5) is 0. The van der Waals surface area contributed by atoms with Gasteiger partial charge in [0.25, 0.3) is 0 Å². The minimum Gasteiger partial charge on any atom is -0.382 e. The number of rotatable bonds is 2. The summed E-state index contributed by atoms with van der Waals surface area (Å²) in [6, 6.07) is 7.10. The number of nitrogens with zero attached hydrogens (tertiary/aromatic N) is 2. The van der Waals surface area contributed by atoms with Crippen LogP contribution in [0.25, 0.3) is 0 Å². The van der Waals surface area contributed by atoms with Gasteiger partial charge >= 0.3 is 0 Å². The molecule has 4 nitrogen and oxygen atoms in total. The molecule has 0 aliphatic rings. The van der Waals surface area contributed by atoms with Gasteiger partial charge in [0.2, 0.25) is 0 Å². The first-order valence-electron chi connectivity index (χ1n) is 3.78. The fraction of sp³-hybridized carbons (Fsp3) is 0.125. The third-order valence-corrected chi connectivity index (χ3v) is 1.47. The van der Waals surface area contributed by atoms with Crippen LogP contribution in [0.2, 0.25) is 0 Å². The van der Waals surface area contributed by atoms with Crippen LogP contribution in [0.3, 0.4) is 0 Å². The molecule has 0 spiro atoms. The van der Waals surface area contributed by atoms with Gasteiger partial charge in [0, 0.05) is 12.6 Å². The SMILES string of the molecule is [B]c1ccc(/C(N)=N/N(C)N)cc1. The monoisotopic (exact) mass is 174 g/mol. The zero-order valence-electron chi connectivity index (χ0n) is 7.44. The molecule has 66 valence electrons. The summed E-state index contributed by atoms with van der Waals surface area (Å²) in [5.74, 6) is 5.67. The van der Waals surface area contributed by atoms with Crippen LogP contribution in [0.4, 0.5) is 0 Å². The van der Waals surface area contributed by atoms with Crippen LogP contribution in [0, 0.1) is 0 Å². The molecule has 0 bridgehead atoms. The van der Waals surface area contributed by atoms with Crippen molar-refractivity contribution in [3.05, 3.63) is 29.8 Å². The quantitative estimate of drug-likeness (QED) is 0.197. The Hall–Kier alpha value is -1.49. The van der Waals surface area contributed by atoms with E-state index in [1.165, 1.54) is 0 Å². The molecular formula is C8H11BN4. The molecule has 0 saturated carbocycles. The topological polar surface area (TPSA) is 67.6 Å². The van der Waals surface area contributed by atoms with Crippen LogP contribution in [-0.2, 0) is 0 Å². The fourth-order valence-electron chi connectivity index (χ4n) is 0.882. The van der Waals surface area contributed by atoms with E-state index in [-0.39, 0.29) is 0 Å². The van der Waals surface area contributed by atoms with Crippen LogP contribution in [0.15, 0.2) is 29.4 Å². The van der Waals surface area contributed by atoms with E-state index < -0.39 is 0 Å². The van der Waals surface area contributed by atoms with E-state index in [2.05, 4.69) is 5.10 Å². The molecule has 0 atom stereocenters. The van der Waals surface area contributed by atoms with Gasteiger partial charge in [0.15, 0.2) is 5.84 Å². The Morgan fingerprint density at radius 3 is 2.38 bits per heavy atom. The zero-order chi connectivity index (χ0) is 9.84. The minimum atomic E-state index is 0.366. The van der Waals surface area contributed by atoms with Gasteiger partial charge in [-0.1, -0.05) is 29.7 Å². The Labute approximate surface area is 78.6 Å². The van der Waals surface area contributed by atoms with Crippen molar-refractivity contribution in [2.24, 2.45) is 16.7 Å². The van der Waals surface area contributed by atoms with Crippen LogP contribution in [0.5, 0.6) is 0 Å². The molecule has 0 amide bonds. The van der Waals surface area contributed by atoms with Gasteiger partial charge in [0.1, 0.15) is 7.85 Å². The molecule has 0 unspecified atom stereocenters. The Morgan fingerprint density at radius 1 is 1.38 bits per heavy atom. The van der Waals surface area contributed by atoms with E-state index in [9.17, 15) is 0 Å². The smallest absolute Gasteiger partial charge is 0.152 e. The maximum atomic E-state index is 5.63. The Kier molecular flexibility index (Phi) is 2.92. The lowest BCUT2D eigenvalue weighted by Gasteiger charge is -2.06. The Balaban J connectivity index is 2.89. The highest BCUT2D eigenvalue weighted by molar-refractivity contribution is 6.32. The number of hydrogen-bond donors (Lipinski definition) is 2. The van der Waals surface area contributed by atoms with Crippen molar-refractivity contribution in [1.82, 2.24) is 5.12 Å². The number of benzene rings is 1. The first-order chi connectivity index (χ1) is 6.09. The molecular weight excluding hydrogens is 163 g/mol. The fourth-order valence-corrected chi connectivity index (χ4v) is 0.882. The maximum Gasteiger partial charge on any atom is 0.152 e. The van der Waals surface area contributed by atoms with Crippen molar-refractivity contribution in [2.45, 2.75) is 0 Å². The van der Waals surface area contributed by atoms with Gasteiger partial charge < -0.3 is 5.73 Å². The van der Waals surface area contributed by atoms with Crippen molar-refractivity contribution in [1.29, 1.82) is 0 Å². The molecule has 1 aromatic rings. The van der Waals surface area contributed by atoms with Crippen molar-refractivity contribution >= 4 is 19.1 Å². The zero-order valence-corrected chi connectivity index (χ0v) is 7.44. The molecule has 2 radical (unpaired) electrons. The summed E-state index contributed by atoms with van der Waals surface area (Å²) in [5.41, 5.74) is 7.12. The summed E-state index contributed by atoms with van der Waals surface area (Å²) in [7, 11) is 7.11. The van der Waals surface area contributed by atoms with Gasteiger partial charge in [-0.3, -0.25) is 0 Å². The van der Waals surface area contributed by atoms with E-state index in [4.69, 9.17) is 19.4 Å². The molecule has 0 saturated heterocycles. The van der Waals surface area contributed by atoms with Gasteiger partial charge in [0.05, 0.1) is 0 Å². The molecule has 0 aromatic heterocycles. The van der Waals surface area contributed by atoms with Crippen molar-refractivity contribution in [2.75, 3.05) is 7.05 Å². The van der Waals surface area contributed by atoms with E-state index in [0.29, 0.717) is 11.3 Å². The predicted octanol–water partition coefficient (Wildman–Crippen LogP) is -1.09. The van der Waals surface area contributed by atoms with Crippen molar-refractivity contribution in [3.8, 4) is 0 Å². The number of hydrazine groups is 1. The molecule has 0 aliphatic carbocycles. The lowest BCUT2D eigenvalue weighted by Crippen LogP contribution is -2.25. The molecule has 13 heavy (non-hydrogen) atoms. The summed E-state index contributed by atoms with van der Waals surface area (Å²) in [6.07, 6.45) is 0. The van der Waals surface area contributed by atoms with Crippen LogP contribution in [-0.4, -0.2) is 25.8 Å². The number of hydrogen-bond acceptors (Lipinski definition) is 3. The predicted molar refractivity (Wildman–Crippen MR) is 54.5 cm³/mol. The van der Waals surface area contributed by atoms with Gasteiger partial charge in [-0.2, -0.15) is 0 Å². The standard InChI is InChI=1S/C8H11BN4/c1-13(11)12-8(10)6-2-4-7(9)5-3-6/h2-5H,11H2,1H3,(H2,10,12). The lowest BCUT2D eigenvalue weighted by molar-refractivity contribution is 0.371. The summed E-state index contributed by atoms with van der Waals surface area (Å²) in [6.45, 7) is 0. The second-order valence-corrected chi connectivity index (χ2v) is 2.68. The molecule has 1 aromatic carbocycles. The van der Waals surface area contributed by atoms with Crippen LogP contribution in [0.1, 0.15) is 5.56 Å². The van der Waals surface area contributed by atoms with Crippen LogP contribution >= 0.6 is 0 Å². The highest BCUT2D eigenvalue weighted by Gasteiger charge is 1.97. The Morgan fingerprint density at radius 2 is 1.92 bits per heavy atom. The van der Waals surface area contributed by atoms with Gasteiger partial charge in [-0.25, -0.2) is 11.0 Å². The number of hydrazone groups is 1. The molecule has 0 heterocycles. The summed E-state index contributed by atoms with van der Waals surface area (Å²) >= 11 is 0. The third-order valence-electron chi connectivity index (χ3n) is 1.47. The molecule has 4 N–H and O–H groups in total. The highest BCUT2D eigenvalue weighted by atomic mass is 15.6. The third kappa shape index (κ3) is 2.80. The molecule has 5 heteroatoms. The van der Waals surface area contributed by atoms with Crippen molar-refractivity contribution < 1.29 is 0 Å². The van der Waals surface area contributed by atoms with E-state index >= 15 is 0 Å². The lowest BCUT2D eigenvalue weighted by atomic mass is 9.95. The maximum absolute atomic E-state index is 5.63. The number of nitrogens with two attached hydrogens (primary N) is 2. The summed E-state index contributed by atoms with van der Waals surface area (Å²) < 4.78 is 0. The minimum absolute atomic E-state index is 0.366.